The van der Waals surface area contributed by atoms with E-state index in [4.69, 9.17) is 14.2 Å². The zero-order valence-corrected chi connectivity index (χ0v) is 13.2. The molecule has 0 radical (unpaired) electrons. The lowest BCUT2D eigenvalue weighted by Crippen LogP contribution is -2.40. The van der Waals surface area contributed by atoms with Crippen LogP contribution in [0.3, 0.4) is 0 Å². The molecular formula is C18H17NO5. The second-order valence-corrected chi connectivity index (χ2v) is 5.12. The molecule has 1 aliphatic heterocycles. The van der Waals surface area contributed by atoms with Crippen LogP contribution in [0.2, 0.25) is 0 Å². The fourth-order valence-electron chi connectivity index (χ4n) is 2.34. The number of carbonyl (C=O) groups is 2. The summed E-state index contributed by atoms with van der Waals surface area (Å²) in [7, 11) is 0. The van der Waals surface area contributed by atoms with E-state index < -0.39 is 12.1 Å². The van der Waals surface area contributed by atoms with E-state index in [1.165, 1.54) is 0 Å². The van der Waals surface area contributed by atoms with Gasteiger partial charge in [-0.05, 0) is 31.2 Å². The van der Waals surface area contributed by atoms with Crippen LogP contribution in [0.15, 0.2) is 48.5 Å². The molecule has 1 heterocycles. The molecule has 0 unspecified atom stereocenters. The summed E-state index contributed by atoms with van der Waals surface area (Å²) in [5, 5.41) is 2.71. The van der Waals surface area contributed by atoms with Gasteiger partial charge in [0.05, 0.1) is 17.9 Å². The summed E-state index contributed by atoms with van der Waals surface area (Å²) in [5.41, 5.74) is 0.674. The predicted octanol–water partition coefficient (Wildman–Crippen LogP) is 2.64. The van der Waals surface area contributed by atoms with Crippen LogP contribution in [-0.2, 0) is 9.53 Å². The number of carbonyl (C=O) groups excluding carboxylic acids is 2. The smallest absolute Gasteiger partial charge is 0.340 e. The lowest BCUT2D eigenvalue weighted by Gasteiger charge is -2.25. The van der Waals surface area contributed by atoms with Gasteiger partial charge in [0.2, 0.25) is 6.10 Å². The van der Waals surface area contributed by atoms with E-state index in [0.29, 0.717) is 22.7 Å². The second kappa shape index (κ2) is 7.04. The molecule has 6 nitrogen and oxygen atoms in total. The minimum Gasteiger partial charge on any atom is -0.485 e. The Bertz CT molecular complexity index is 759. The molecule has 24 heavy (non-hydrogen) atoms. The second-order valence-electron chi connectivity index (χ2n) is 5.12. The minimum atomic E-state index is -0.796. The van der Waals surface area contributed by atoms with Crippen LogP contribution in [0.4, 0.5) is 5.69 Å². The first kappa shape index (κ1) is 15.9. The standard InChI is InChI=1S/C18H17NO5/c1-2-22-18(21)12-7-3-4-8-13(12)19-17(20)16-11-23-14-9-5-6-10-15(14)24-16/h3-10,16H,2,11H2,1H3,(H,19,20)/t16-/m1/s1. The van der Waals surface area contributed by atoms with Crippen LogP contribution >= 0.6 is 0 Å². The number of hydrogen-bond donors (Lipinski definition) is 1. The van der Waals surface area contributed by atoms with Gasteiger partial charge in [-0.2, -0.15) is 0 Å². The Morgan fingerprint density at radius 1 is 1.12 bits per heavy atom. The highest BCUT2D eigenvalue weighted by Crippen LogP contribution is 2.31. The van der Waals surface area contributed by atoms with Crippen molar-refractivity contribution in [3.05, 3.63) is 54.1 Å². The lowest BCUT2D eigenvalue weighted by molar-refractivity contribution is -0.125. The fraction of sp³-hybridized carbons (Fsp3) is 0.222. The SMILES string of the molecule is CCOC(=O)c1ccccc1NC(=O)[C@H]1COc2ccccc2O1. The van der Waals surface area contributed by atoms with Gasteiger partial charge in [0.1, 0.15) is 6.61 Å². The summed E-state index contributed by atoms with van der Waals surface area (Å²) in [6.07, 6.45) is -0.796. The van der Waals surface area contributed by atoms with Crippen LogP contribution in [0.25, 0.3) is 0 Å². The van der Waals surface area contributed by atoms with Gasteiger partial charge >= 0.3 is 5.97 Å². The van der Waals surface area contributed by atoms with Gasteiger partial charge < -0.3 is 19.5 Å². The number of benzene rings is 2. The van der Waals surface area contributed by atoms with Crippen LogP contribution in [-0.4, -0.2) is 31.2 Å². The summed E-state index contributed by atoms with van der Waals surface area (Å²) in [4.78, 5) is 24.4. The van der Waals surface area contributed by atoms with Crippen molar-refractivity contribution in [2.75, 3.05) is 18.5 Å². The number of ether oxygens (including phenoxy) is 3. The Morgan fingerprint density at radius 2 is 1.83 bits per heavy atom. The van der Waals surface area contributed by atoms with Crippen molar-refractivity contribution >= 4 is 17.6 Å². The lowest BCUT2D eigenvalue weighted by atomic mass is 10.1. The van der Waals surface area contributed by atoms with E-state index in [0.717, 1.165) is 0 Å². The highest BCUT2D eigenvalue weighted by Gasteiger charge is 2.28. The number of fused-ring (bicyclic) bond motifs is 1. The predicted molar refractivity (Wildman–Crippen MR) is 87.4 cm³/mol. The van der Waals surface area contributed by atoms with Crippen molar-refractivity contribution in [3.8, 4) is 11.5 Å². The Labute approximate surface area is 139 Å². The van der Waals surface area contributed by atoms with Gasteiger partial charge in [-0.1, -0.05) is 24.3 Å². The quantitative estimate of drug-likeness (QED) is 0.874. The Kier molecular flexibility index (Phi) is 4.65. The van der Waals surface area contributed by atoms with Gasteiger partial charge in [0, 0.05) is 0 Å². The third-order valence-corrected chi connectivity index (χ3v) is 3.48. The number of para-hydroxylation sites is 3. The first-order chi connectivity index (χ1) is 11.7. The maximum Gasteiger partial charge on any atom is 0.340 e. The highest BCUT2D eigenvalue weighted by molar-refractivity contribution is 6.02. The number of rotatable bonds is 4. The third-order valence-electron chi connectivity index (χ3n) is 3.48. The van der Waals surface area contributed by atoms with Crippen molar-refractivity contribution < 1.29 is 23.8 Å². The summed E-state index contributed by atoms with van der Waals surface area (Å²) < 4.78 is 16.2. The average molecular weight is 327 g/mol. The Balaban J connectivity index is 1.73. The zero-order valence-electron chi connectivity index (χ0n) is 13.2. The molecule has 0 saturated heterocycles. The van der Waals surface area contributed by atoms with Crippen molar-refractivity contribution in [2.45, 2.75) is 13.0 Å². The van der Waals surface area contributed by atoms with Crippen molar-refractivity contribution in [3.63, 3.8) is 0 Å². The number of hydrogen-bond acceptors (Lipinski definition) is 5. The number of esters is 1. The molecule has 0 fully saturated rings. The van der Waals surface area contributed by atoms with Crippen molar-refractivity contribution in [1.82, 2.24) is 0 Å². The largest absolute Gasteiger partial charge is 0.485 e. The highest BCUT2D eigenvalue weighted by atomic mass is 16.6. The van der Waals surface area contributed by atoms with Gasteiger partial charge in [-0.25, -0.2) is 4.79 Å². The third kappa shape index (κ3) is 3.32. The van der Waals surface area contributed by atoms with Crippen LogP contribution in [0.1, 0.15) is 17.3 Å². The van der Waals surface area contributed by atoms with E-state index >= 15 is 0 Å². The summed E-state index contributed by atoms with van der Waals surface area (Å²) in [5.74, 6) is 0.247. The minimum absolute atomic E-state index is 0.102. The molecule has 124 valence electrons. The normalized spacial score (nSPS) is 15.5. The first-order valence-corrected chi connectivity index (χ1v) is 7.64. The molecule has 3 rings (SSSR count). The molecular weight excluding hydrogens is 310 g/mol. The van der Waals surface area contributed by atoms with E-state index in [9.17, 15) is 9.59 Å². The van der Waals surface area contributed by atoms with E-state index in [1.54, 1.807) is 49.4 Å². The molecule has 0 saturated carbocycles. The molecule has 0 bridgehead atoms. The summed E-state index contributed by atoms with van der Waals surface area (Å²) in [6, 6.07) is 13.8. The fourth-order valence-corrected chi connectivity index (χ4v) is 2.34. The zero-order chi connectivity index (χ0) is 16.9. The number of nitrogens with one attached hydrogen (secondary N) is 1. The molecule has 0 aliphatic carbocycles. The summed E-state index contributed by atoms with van der Waals surface area (Å²) >= 11 is 0. The van der Waals surface area contributed by atoms with E-state index in [1.807, 2.05) is 6.07 Å². The van der Waals surface area contributed by atoms with E-state index in [2.05, 4.69) is 5.32 Å². The summed E-state index contributed by atoms with van der Waals surface area (Å²) in [6.45, 7) is 2.09. The van der Waals surface area contributed by atoms with Gasteiger partial charge in [0.25, 0.3) is 5.91 Å². The molecule has 1 atom stereocenters. The van der Waals surface area contributed by atoms with Crippen LogP contribution < -0.4 is 14.8 Å². The molecule has 6 heteroatoms. The number of amides is 1. The van der Waals surface area contributed by atoms with Gasteiger partial charge in [-0.15, -0.1) is 0 Å². The first-order valence-electron chi connectivity index (χ1n) is 7.64. The topological polar surface area (TPSA) is 73.9 Å². The van der Waals surface area contributed by atoms with Gasteiger partial charge in [0.15, 0.2) is 11.5 Å². The maximum atomic E-state index is 12.4. The Hall–Kier alpha value is -3.02. The van der Waals surface area contributed by atoms with Gasteiger partial charge in [-0.3, -0.25) is 4.79 Å². The van der Waals surface area contributed by atoms with Crippen molar-refractivity contribution in [2.24, 2.45) is 0 Å². The van der Waals surface area contributed by atoms with Crippen LogP contribution in [0.5, 0.6) is 11.5 Å². The molecule has 0 spiro atoms. The average Bonchev–Trinajstić information content (AvgIpc) is 2.62. The maximum absolute atomic E-state index is 12.4. The molecule has 1 amide bonds. The van der Waals surface area contributed by atoms with Crippen molar-refractivity contribution in [1.29, 1.82) is 0 Å². The molecule has 1 N–H and O–H groups in total. The molecule has 2 aromatic carbocycles. The number of anilines is 1. The molecule has 0 aromatic heterocycles. The Morgan fingerprint density at radius 3 is 2.62 bits per heavy atom. The molecule has 1 aliphatic rings. The monoisotopic (exact) mass is 327 g/mol. The van der Waals surface area contributed by atoms with Crippen LogP contribution in [0, 0.1) is 0 Å². The molecule has 2 aromatic rings. The van der Waals surface area contributed by atoms with E-state index in [-0.39, 0.29) is 19.1 Å².